The van der Waals surface area contributed by atoms with Crippen molar-refractivity contribution >= 4 is 10.0 Å². The summed E-state index contributed by atoms with van der Waals surface area (Å²) >= 11 is 0. The Balaban J connectivity index is 4.53. The van der Waals surface area contributed by atoms with Gasteiger partial charge in [-0.3, -0.25) is 0 Å². The first-order valence-electron chi connectivity index (χ1n) is 4.16. The van der Waals surface area contributed by atoms with Crippen LogP contribution in [0.25, 0.3) is 0 Å². The van der Waals surface area contributed by atoms with E-state index in [0.717, 1.165) is 5.25 Å². The molecule has 11 heavy (non-hydrogen) atoms. The molecule has 0 heterocycles. The lowest BCUT2D eigenvalue weighted by molar-refractivity contribution is 0.595. The largest absolute Gasteiger partial charge is 0.308 e. The van der Waals surface area contributed by atoms with Crippen LogP contribution in [0.4, 0.5) is 0 Å². The Kier molecular flexibility index (Phi) is 3.45. The van der Waals surface area contributed by atoms with E-state index in [1.165, 1.54) is 0 Å². The number of hydrogen-bond acceptors (Lipinski definition) is 1. The Labute approximate surface area is 73.3 Å². The molecule has 0 aromatic heterocycles. The summed E-state index contributed by atoms with van der Waals surface area (Å²) in [5.41, 5.74) is 0. The van der Waals surface area contributed by atoms with Gasteiger partial charge in [-0.05, 0) is 38.7 Å². The van der Waals surface area contributed by atoms with Crippen LogP contribution < -0.4 is 5.32 Å². The fourth-order valence-corrected chi connectivity index (χ4v) is 2.56. The zero-order valence-corrected chi connectivity index (χ0v) is 9.80. The lowest BCUT2D eigenvalue weighted by Crippen LogP contribution is -2.43. The molecule has 0 rings (SSSR count). The van der Waals surface area contributed by atoms with E-state index in [1.807, 2.05) is 0 Å². The van der Waals surface area contributed by atoms with E-state index in [9.17, 15) is 0 Å². The minimum Gasteiger partial charge on any atom is -0.308 e. The molecule has 70 valence electrons. The van der Waals surface area contributed by atoms with Crippen LogP contribution >= 0.6 is 10.0 Å². The Bertz CT molecular complexity index is 128. The van der Waals surface area contributed by atoms with E-state index in [2.05, 4.69) is 52.6 Å². The quantitative estimate of drug-likeness (QED) is 0.698. The first kappa shape index (κ1) is 11.3. The van der Waals surface area contributed by atoms with Gasteiger partial charge in [0.1, 0.15) is 0 Å². The third-order valence-electron chi connectivity index (χ3n) is 3.10. The molecule has 0 aliphatic heterocycles. The van der Waals surface area contributed by atoms with Gasteiger partial charge in [-0.25, -0.2) is 10.0 Å². The van der Waals surface area contributed by atoms with Gasteiger partial charge in [-0.2, -0.15) is 0 Å². The maximum atomic E-state index is 3.40. The van der Waals surface area contributed by atoms with E-state index in [-0.39, 0.29) is 0 Å². The molecule has 1 N–H and O–H groups in total. The first-order chi connectivity index (χ1) is 4.75. The fraction of sp³-hybridized carbons (Fsp3) is 1.00. The molecular weight excluding hydrogens is 154 g/mol. The van der Waals surface area contributed by atoms with Gasteiger partial charge in [0.2, 0.25) is 0 Å². The Hall–Kier alpha value is 0.310. The predicted octanol–water partition coefficient (Wildman–Crippen LogP) is 2.41. The molecule has 0 amide bonds. The van der Waals surface area contributed by atoms with Crippen molar-refractivity contribution in [3.8, 4) is 0 Å². The summed E-state index contributed by atoms with van der Waals surface area (Å²) in [5.74, 6) is 0. The van der Waals surface area contributed by atoms with E-state index < -0.39 is 10.0 Å². The zero-order chi connectivity index (χ0) is 9.28. The van der Waals surface area contributed by atoms with Gasteiger partial charge >= 0.3 is 0 Å². The molecule has 0 atom stereocenters. The molecule has 0 saturated heterocycles. The second-order valence-corrected chi connectivity index (χ2v) is 8.99. The third-order valence-corrected chi connectivity index (χ3v) is 8.29. The fourth-order valence-electron chi connectivity index (χ4n) is 0.852. The summed E-state index contributed by atoms with van der Waals surface area (Å²) in [6.07, 6.45) is 4.79. The van der Waals surface area contributed by atoms with Crippen molar-refractivity contribution in [2.75, 3.05) is 19.6 Å². The SMILES string of the molecule is CNC(C)(C)S(C)(C)C(C)C. The van der Waals surface area contributed by atoms with Crippen molar-refractivity contribution in [3.63, 3.8) is 0 Å². The molecule has 1 nitrogen and oxygen atoms in total. The van der Waals surface area contributed by atoms with Gasteiger partial charge in [-0.1, -0.05) is 13.8 Å². The Morgan fingerprint density at radius 3 is 1.64 bits per heavy atom. The standard InChI is InChI=1S/C9H23NS/c1-8(2)11(6,7)9(3,4)10-5/h8,10H,1-7H3. The zero-order valence-electron chi connectivity index (χ0n) is 8.99. The van der Waals surface area contributed by atoms with Crippen molar-refractivity contribution in [2.45, 2.75) is 37.8 Å². The van der Waals surface area contributed by atoms with Crippen LogP contribution in [0.3, 0.4) is 0 Å². The average molecular weight is 177 g/mol. The van der Waals surface area contributed by atoms with Gasteiger partial charge in [0, 0.05) is 4.87 Å². The summed E-state index contributed by atoms with van der Waals surface area (Å²) in [6.45, 7) is 9.22. The predicted molar refractivity (Wildman–Crippen MR) is 57.7 cm³/mol. The molecule has 0 spiro atoms. The van der Waals surface area contributed by atoms with Gasteiger partial charge in [0.25, 0.3) is 0 Å². The molecule has 0 fully saturated rings. The lowest BCUT2D eigenvalue weighted by Gasteiger charge is -2.50. The molecule has 0 aromatic carbocycles. The summed E-state index contributed by atoms with van der Waals surface area (Å²) in [4.78, 5) is 0.293. The maximum absolute atomic E-state index is 3.40. The average Bonchev–Trinajstić information content (AvgIpc) is 1.87. The molecule has 0 aliphatic carbocycles. The molecule has 0 aromatic rings. The summed E-state index contributed by atoms with van der Waals surface area (Å²) in [5, 5.41) is 4.18. The van der Waals surface area contributed by atoms with Gasteiger partial charge in [-0.15, -0.1) is 0 Å². The summed E-state index contributed by atoms with van der Waals surface area (Å²) in [7, 11) is 1.52. The van der Waals surface area contributed by atoms with Crippen molar-refractivity contribution in [2.24, 2.45) is 0 Å². The van der Waals surface area contributed by atoms with Crippen molar-refractivity contribution in [1.82, 2.24) is 5.32 Å². The van der Waals surface area contributed by atoms with Crippen LogP contribution in [0.15, 0.2) is 0 Å². The number of rotatable bonds is 3. The van der Waals surface area contributed by atoms with Crippen molar-refractivity contribution in [3.05, 3.63) is 0 Å². The number of hydrogen-bond donors (Lipinski definition) is 1. The Morgan fingerprint density at radius 1 is 1.18 bits per heavy atom. The molecule has 2 heteroatoms. The highest BCUT2D eigenvalue weighted by molar-refractivity contribution is 8.34. The van der Waals surface area contributed by atoms with Crippen molar-refractivity contribution in [1.29, 1.82) is 0 Å². The summed E-state index contributed by atoms with van der Waals surface area (Å²) in [6, 6.07) is 0. The van der Waals surface area contributed by atoms with Gasteiger partial charge in [0.15, 0.2) is 0 Å². The monoisotopic (exact) mass is 177 g/mol. The second kappa shape index (κ2) is 3.36. The van der Waals surface area contributed by atoms with Crippen LogP contribution in [0, 0.1) is 0 Å². The van der Waals surface area contributed by atoms with E-state index in [4.69, 9.17) is 0 Å². The van der Waals surface area contributed by atoms with Crippen LogP contribution in [-0.2, 0) is 0 Å². The minimum absolute atomic E-state index is 0.293. The molecule has 0 aliphatic rings. The normalized spacial score (nSPS) is 15.6. The molecule has 0 bridgehead atoms. The smallest absolute Gasteiger partial charge is 0.0429 e. The van der Waals surface area contributed by atoms with Gasteiger partial charge in [0.05, 0.1) is 0 Å². The highest BCUT2D eigenvalue weighted by Crippen LogP contribution is 2.54. The molecule has 0 radical (unpaired) electrons. The van der Waals surface area contributed by atoms with Crippen LogP contribution in [0.5, 0.6) is 0 Å². The van der Waals surface area contributed by atoms with E-state index in [1.54, 1.807) is 0 Å². The van der Waals surface area contributed by atoms with Gasteiger partial charge < -0.3 is 5.32 Å². The van der Waals surface area contributed by atoms with Crippen molar-refractivity contribution < 1.29 is 0 Å². The van der Waals surface area contributed by atoms with E-state index >= 15 is 0 Å². The lowest BCUT2D eigenvalue weighted by atomic mass is 10.4. The molecule has 0 unspecified atom stereocenters. The maximum Gasteiger partial charge on any atom is 0.0429 e. The highest BCUT2D eigenvalue weighted by Gasteiger charge is 2.32. The van der Waals surface area contributed by atoms with E-state index in [0.29, 0.717) is 4.87 Å². The Morgan fingerprint density at radius 2 is 1.55 bits per heavy atom. The first-order valence-corrected chi connectivity index (χ1v) is 6.67. The molecular formula is C9H23NS. The topological polar surface area (TPSA) is 12.0 Å². The second-order valence-electron chi connectivity index (χ2n) is 4.21. The van der Waals surface area contributed by atoms with Crippen LogP contribution in [-0.4, -0.2) is 29.7 Å². The number of nitrogens with one attached hydrogen (secondary N) is 1. The van der Waals surface area contributed by atoms with Crippen LogP contribution in [0.2, 0.25) is 0 Å². The highest BCUT2D eigenvalue weighted by atomic mass is 32.3. The third kappa shape index (κ3) is 2.12. The minimum atomic E-state index is -0.538. The van der Waals surface area contributed by atoms with Crippen LogP contribution in [0.1, 0.15) is 27.7 Å². The summed E-state index contributed by atoms with van der Waals surface area (Å²) < 4.78 is 0. The molecule has 0 saturated carbocycles.